The molecule has 16 heavy (non-hydrogen) atoms. The molecule has 0 amide bonds. The molecule has 0 N–H and O–H groups in total. The number of hydrogen-bond donors (Lipinski definition) is 0. The molecule has 0 unspecified atom stereocenters. The van der Waals surface area contributed by atoms with Gasteiger partial charge in [-0.2, -0.15) is 0 Å². The molecule has 0 aromatic heterocycles. The Balaban J connectivity index is 2.35. The molecular weight excluding hydrogens is 243 g/mol. The van der Waals surface area contributed by atoms with Crippen molar-refractivity contribution < 1.29 is 4.74 Å². The number of unbranched alkanes of at least 4 members (excludes halogenated alkanes) is 3. The van der Waals surface area contributed by atoms with Crippen molar-refractivity contribution in [2.24, 2.45) is 0 Å². The van der Waals surface area contributed by atoms with E-state index >= 15 is 0 Å². The van der Waals surface area contributed by atoms with E-state index in [-0.39, 0.29) is 0 Å². The van der Waals surface area contributed by atoms with Crippen LogP contribution in [0.25, 0.3) is 0 Å². The third-order valence-corrected chi connectivity index (χ3v) is 3.05. The lowest BCUT2D eigenvalue weighted by molar-refractivity contribution is 0.0736. The van der Waals surface area contributed by atoms with Gasteiger partial charge in [0.15, 0.2) is 0 Å². The molecule has 1 aromatic rings. The first-order valence-corrected chi connectivity index (χ1v) is 6.49. The zero-order valence-electron chi connectivity index (χ0n) is 9.59. The van der Waals surface area contributed by atoms with Crippen LogP contribution in [0.1, 0.15) is 38.2 Å². The Labute approximate surface area is 108 Å². The quantitative estimate of drug-likeness (QED) is 0.502. The van der Waals surface area contributed by atoms with Crippen LogP contribution in [0.5, 0.6) is 0 Å². The van der Waals surface area contributed by atoms with E-state index < -0.39 is 4.52 Å². The van der Waals surface area contributed by atoms with Crippen molar-refractivity contribution in [1.82, 2.24) is 0 Å². The summed E-state index contributed by atoms with van der Waals surface area (Å²) < 4.78 is 4.28. The monoisotopic (exact) mass is 260 g/mol. The maximum atomic E-state index is 6.12. The van der Waals surface area contributed by atoms with E-state index in [1.807, 2.05) is 30.3 Å². The molecule has 0 radical (unpaired) electrons. The van der Waals surface area contributed by atoms with Gasteiger partial charge in [-0.05, 0) is 6.42 Å². The summed E-state index contributed by atoms with van der Waals surface area (Å²) in [4.78, 5) is 0. The van der Waals surface area contributed by atoms with E-state index in [4.69, 9.17) is 27.9 Å². The minimum Gasteiger partial charge on any atom is -0.343 e. The largest absolute Gasteiger partial charge is 0.343 e. The molecule has 0 atom stereocenters. The summed E-state index contributed by atoms with van der Waals surface area (Å²) in [5, 5.41) is 0. The highest BCUT2D eigenvalue weighted by atomic mass is 35.5. The summed E-state index contributed by atoms with van der Waals surface area (Å²) in [6, 6.07) is 9.46. The molecule has 0 saturated carbocycles. The Morgan fingerprint density at radius 3 is 2.38 bits per heavy atom. The van der Waals surface area contributed by atoms with Crippen LogP contribution < -0.4 is 0 Å². The Morgan fingerprint density at radius 1 is 1.06 bits per heavy atom. The molecule has 0 bridgehead atoms. The van der Waals surface area contributed by atoms with Crippen molar-refractivity contribution in [3.63, 3.8) is 0 Å². The highest BCUT2D eigenvalue weighted by Crippen LogP contribution is 2.35. The minimum absolute atomic E-state index is 0.599. The molecule has 0 aliphatic rings. The summed E-state index contributed by atoms with van der Waals surface area (Å²) in [6.07, 6.45) is 4.61. The Hall–Kier alpha value is -0.240. The molecule has 0 fully saturated rings. The Morgan fingerprint density at radius 2 is 1.75 bits per heavy atom. The number of benzene rings is 1. The fourth-order valence-corrected chi connectivity index (χ4v) is 1.85. The van der Waals surface area contributed by atoms with Crippen molar-refractivity contribution in [2.45, 2.75) is 37.1 Å². The number of rotatable bonds is 7. The third kappa shape index (κ3) is 4.73. The summed E-state index contributed by atoms with van der Waals surface area (Å²) in [6.45, 7) is 2.78. The SMILES string of the molecule is CCCCCCOC(Cl)(Cl)c1ccccc1. The second kappa shape index (κ2) is 7.16. The minimum atomic E-state index is -1.21. The van der Waals surface area contributed by atoms with E-state index in [2.05, 4.69) is 6.92 Å². The second-order valence-electron chi connectivity index (χ2n) is 3.79. The zero-order valence-corrected chi connectivity index (χ0v) is 11.1. The maximum absolute atomic E-state index is 6.12. The Kier molecular flexibility index (Phi) is 6.18. The van der Waals surface area contributed by atoms with E-state index in [9.17, 15) is 0 Å². The van der Waals surface area contributed by atoms with Gasteiger partial charge in [-0.15, -0.1) is 0 Å². The van der Waals surface area contributed by atoms with E-state index in [0.29, 0.717) is 6.61 Å². The van der Waals surface area contributed by atoms with Crippen molar-refractivity contribution in [1.29, 1.82) is 0 Å². The lowest BCUT2D eigenvalue weighted by Crippen LogP contribution is -2.16. The molecule has 0 heterocycles. The molecule has 1 aromatic carbocycles. The predicted molar refractivity (Wildman–Crippen MR) is 69.9 cm³/mol. The maximum Gasteiger partial charge on any atom is 0.244 e. The number of alkyl halides is 2. The lowest BCUT2D eigenvalue weighted by Gasteiger charge is -2.20. The highest BCUT2D eigenvalue weighted by Gasteiger charge is 2.26. The zero-order chi connectivity index (χ0) is 11.9. The molecule has 90 valence electrons. The van der Waals surface area contributed by atoms with Gasteiger partial charge in [0.2, 0.25) is 4.52 Å². The van der Waals surface area contributed by atoms with Crippen LogP contribution in [-0.2, 0) is 9.26 Å². The molecule has 0 saturated heterocycles. The topological polar surface area (TPSA) is 9.23 Å². The van der Waals surface area contributed by atoms with Crippen LogP contribution in [0, 0.1) is 0 Å². The second-order valence-corrected chi connectivity index (χ2v) is 5.05. The first-order chi connectivity index (χ1) is 7.67. The number of hydrogen-bond acceptors (Lipinski definition) is 1. The highest BCUT2D eigenvalue weighted by molar-refractivity contribution is 6.46. The molecule has 0 aliphatic carbocycles. The molecule has 1 nitrogen and oxygen atoms in total. The van der Waals surface area contributed by atoms with Gasteiger partial charge in [0.25, 0.3) is 0 Å². The van der Waals surface area contributed by atoms with Crippen LogP contribution in [0.4, 0.5) is 0 Å². The normalized spacial score (nSPS) is 11.7. The predicted octanol–water partition coefficient (Wildman–Crippen LogP) is 4.87. The average molecular weight is 261 g/mol. The van der Waals surface area contributed by atoms with Crippen LogP contribution in [0.3, 0.4) is 0 Å². The number of halogens is 2. The van der Waals surface area contributed by atoms with E-state index in [1.54, 1.807) is 0 Å². The summed E-state index contributed by atoms with van der Waals surface area (Å²) in [5.74, 6) is 0. The molecule has 3 heteroatoms. The van der Waals surface area contributed by atoms with Crippen molar-refractivity contribution >= 4 is 23.2 Å². The van der Waals surface area contributed by atoms with Gasteiger partial charge in [-0.3, -0.25) is 0 Å². The standard InChI is InChI=1S/C13H18Cl2O/c1-2-3-4-8-11-16-13(14,15)12-9-6-5-7-10-12/h5-7,9-10H,2-4,8,11H2,1H3. The van der Waals surface area contributed by atoms with Crippen LogP contribution in [0.2, 0.25) is 0 Å². The average Bonchev–Trinajstić information content (AvgIpc) is 2.30. The first-order valence-electron chi connectivity index (χ1n) is 5.74. The van der Waals surface area contributed by atoms with E-state index in [0.717, 1.165) is 18.4 Å². The first kappa shape index (κ1) is 13.8. The Bertz CT molecular complexity index is 285. The van der Waals surface area contributed by atoms with Gasteiger partial charge in [0.05, 0.1) is 6.61 Å². The fourth-order valence-electron chi connectivity index (χ4n) is 1.44. The smallest absolute Gasteiger partial charge is 0.244 e. The van der Waals surface area contributed by atoms with Gasteiger partial charge < -0.3 is 4.74 Å². The fraction of sp³-hybridized carbons (Fsp3) is 0.538. The van der Waals surface area contributed by atoms with Gasteiger partial charge in [0.1, 0.15) is 0 Å². The van der Waals surface area contributed by atoms with Crippen LogP contribution in [-0.4, -0.2) is 6.61 Å². The third-order valence-electron chi connectivity index (χ3n) is 2.39. The van der Waals surface area contributed by atoms with Gasteiger partial charge in [-0.25, -0.2) is 0 Å². The molecule has 1 rings (SSSR count). The lowest BCUT2D eigenvalue weighted by atomic mass is 10.2. The van der Waals surface area contributed by atoms with Gasteiger partial charge >= 0.3 is 0 Å². The summed E-state index contributed by atoms with van der Waals surface area (Å²) >= 11 is 12.2. The van der Waals surface area contributed by atoms with E-state index in [1.165, 1.54) is 12.8 Å². The van der Waals surface area contributed by atoms with Crippen molar-refractivity contribution in [3.8, 4) is 0 Å². The summed E-state index contributed by atoms with van der Waals surface area (Å²) in [7, 11) is 0. The van der Waals surface area contributed by atoms with Crippen LogP contribution >= 0.6 is 23.2 Å². The molecule has 0 aliphatic heterocycles. The molecule has 0 spiro atoms. The summed E-state index contributed by atoms with van der Waals surface area (Å²) in [5.41, 5.74) is 0.786. The van der Waals surface area contributed by atoms with Crippen molar-refractivity contribution in [3.05, 3.63) is 35.9 Å². The van der Waals surface area contributed by atoms with Crippen LogP contribution in [0.15, 0.2) is 30.3 Å². The van der Waals surface area contributed by atoms with Crippen molar-refractivity contribution in [2.75, 3.05) is 6.61 Å². The molecular formula is C13H18Cl2O. The number of ether oxygens (including phenoxy) is 1. The van der Waals surface area contributed by atoms with Gasteiger partial charge in [0, 0.05) is 5.56 Å². The van der Waals surface area contributed by atoms with Gasteiger partial charge in [-0.1, -0.05) is 79.7 Å².